The lowest BCUT2D eigenvalue weighted by Crippen LogP contribution is -1.97. The minimum absolute atomic E-state index is 0.329. The number of ether oxygens (including phenoxy) is 1. The molecule has 0 saturated heterocycles. The van der Waals surface area contributed by atoms with Gasteiger partial charge in [-0.1, -0.05) is 6.07 Å². The summed E-state index contributed by atoms with van der Waals surface area (Å²) in [5.74, 6) is -0.330. The lowest BCUT2D eigenvalue weighted by molar-refractivity contribution is -0.130. The largest absolute Gasteiger partial charge is 0.422 e. The van der Waals surface area contributed by atoms with E-state index in [2.05, 4.69) is 4.98 Å². The van der Waals surface area contributed by atoms with Gasteiger partial charge in [0.25, 0.3) is 0 Å². The lowest BCUT2D eigenvalue weighted by atomic mass is 10.1. The molecule has 2 aromatic rings. The Morgan fingerprint density at radius 2 is 1.95 bits per heavy atom. The first-order valence-corrected chi connectivity index (χ1v) is 6.04. The summed E-state index contributed by atoms with van der Waals surface area (Å²) in [5.41, 5.74) is 1.92. The molecule has 3 rings (SSSR count). The Hall–Kier alpha value is -2.75. The summed E-state index contributed by atoms with van der Waals surface area (Å²) in [6.45, 7) is 0. The molecule has 1 aromatic heterocycles. The molecule has 0 atom stereocenters. The van der Waals surface area contributed by atoms with Gasteiger partial charge in [0.1, 0.15) is 11.6 Å². The van der Waals surface area contributed by atoms with E-state index in [1.807, 2.05) is 6.07 Å². The number of hydrogen-bond donors (Lipinski definition) is 0. The molecule has 0 saturated carbocycles. The molecule has 0 spiro atoms. The van der Waals surface area contributed by atoms with Crippen LogP contribution in [0.3, 0.4) is 0 Å². The van der Waals surface area contributed by atoms with Crippen molar-refractivity contribution in [1.29, 1.82) is 0 Å². The van der Waals surface area contributed by atoms with Crippen LogP contribution in [0.25, 0.3) is 11.8 Å². The summed E-state index contributed by atoms with van der Waals surface area (Å²) in [6.07, 6.45) is 6.66. The van der Waals surface area contributed by atoms with Crippen molar-refractivity contribution in [2.45, 2.75) is 0 Å². The van der Waals surface area contributed by atoms with Crippen LogP contribution in [0.4, 0.5) is 4.39 Å². The number of carbonyl (C=O) groups excluding carboxylic acids is 1. The van der Waals surface area contributed by atoms with Crippen LogP contribution in [-0.4, -0.2) is 11.0 Å². The van der Waals surface area contributed by atoms with Gasteiger partial charge >= 0.3 is 5.97 Å². The molecule has 0 bridgehead atoms. The van der Waals surface area contributed by atoms with Crippen molar-refractivity contribution in [3.8, 4) is 0 Å². The third-order valence-electron chi connectivity index (χ3n) is 2.86. The van der Waals surface area contributed by atoms with Crippen molar-refractivity contribution >= 4 is 17.8 Å². The minimum Gasteiger partial charge on any atom is -0.422 e. The first kappa shape index (κ1) is 12.3. The van der Waals surface area contributed by atoms with Crippen LogP contribution in [0.5, 0.6) is 0 Å². The van der Waals surface area contributed by atoms with E-state index in [-0.39, 0.29) is 5.82 Å². The lowest BCUT2D eigenvalue weighted by Gasteiger charge is -2.00. The quantitative estimate of drug-likeness (QED) is 0.619. The zero-order chi connectivity index (χ0) is 13.9. The highest BCUT2D eigenvalue weighted by Gasteiger charge is 2.21. The molecule has 3 nitrogen and oxygen atoms in total. The molecule has 1 aliphatic rings. The molecule has 2 heterocycles. The molecule has 4 heteroatoms. The molecular weight excluding hydrogens is 257 g/mol. The standard InChI is InChI=1S/C16H10FNO2/c17-14-5-3-12(4-6-14)15-9-13(16(19)20-15)8-11-2-1-7-18-10-11/h1-10H/b13-8+. The Morgan fingerprint density at radius 3 is 2.65 bits per heavy atom. The maximum Gasteiger partial charge on any atom is 0.343 e. The zero-order valence-electron chi connectivity index (χ0n) is 10.4. The SMILES string of the molecule is O=C1OC(c2ccc(F)cc2)=C/C1=C\c1cccnc1. The molecule has 1 aromatic carbocycles. The number of halogens is 1. The summed E-state index contributed by atoms with van der Waals surface area (Å²) in [6, 6.07) is 9.43. The molecule has 98 valence electrons. The van der Waals surface area contributed by atoms with Gasteiger partial charge in [0.2, 0.25) is 0 Å². The molecule has 0 radical (unpaired) electrons. The van der Waals surface area contributed by atoms with Crippen LogP contribution in [0.2, 0.25) is 0 Å². The second-order valence-corrected chi connectivity index (χ2v) is 4.29. The predicted octanol–water partition coefficient (Wildman–Crippen LogP) is 3.20. The number of rotatable bonds is 2. The minimum atomic E-state index is -0.423. The van der Waals surface area contributed by atoms with Crippen molar-refractivity contribution in [2.24, 2.45) is 0 Å². The van der Waals surface area contributed by atoms with Crippen LogP contribution in [0, 0.1) is 5.82 Å². The molecule has 0 unspecified atom stereocenters. The van der Waals surface area contributed by atoms with E-state index in [1.165, 1.54) is 12.1 Å². The Balaban J connectivity index is 1.93. The van der Waals surface area contributed by atoms with E-state index >= 15 is 0 Å². The smallest absolute Gasteiger partial charge is 0.343 e. The summed E-state index contributed by atoms with van der Waals surface area (Å²) in [7, 11) is 0. The summed E-state index contributed by atoms with van der Waals surface area (Å²) in [5, 5.41) is 0. The third kappa shape index (κ3) is 2.49. The Bertz CT molecular complexity index is 703. The van der Waals surface area contributed by atoms with Gasteiger partial charge in [-0.25, -0.2) is 9.18 Å². The Morgan fingerprint density at radius 1 is 1.15 bits per heavy atom. The fraction of sp³-hybridized carbons (Fsp3) is 0. The highest BCUT2D eigenvalue weighted by molar-refractivity contribution is 6.05. The maximum atomic E-state index is 12.9. The number of cyclic esters (lactones) is 1. The number of hydrogen-bond acceptors (Lipinski definition) is 3. The van der Waals surface area contributed by atoms with E-state index in [1.54, 1.807) is 42.7 Å². The fourth-order valence-corrected chi connectivity index (χ4v) is 1.89. The van der Waals surface area contributed by atoms with E-state index in [0.29, 0.717) is 16.9 Å². The van der Waals surface area contributed by atoms with Crippen LogP contribution in [0.1, 0.15) is 11.1 Å². The number of nitrogens with zero attached hydrogens (tertiary/aromatic N) is 1. The van der Waals surface area contributed by atoms with Gasteiger partial charge < -0.3 is 4.74 Å². The number of aromatic nitrogens is 1. The van der Waals surface area contributed by atoms with Crippen molar-refractivity contribution in [1.82, 2.24) is 4.98 Å². The normalized spacial score (nSPS) is 16.1. The summed E-state index contributed by atoms with van der Waals surface area (Å²) >= 11 is 0. The van der Waals surface area contributed by atoms with Crippen LogP contribution in [0.15, 0.2) is 60.4 Å². The molecular formula is C16H10FNO2. The average Bonchev–Trinajstić information content (AvgIpc) is 2.82. The van der Waals surface area contributed by atoms with Gasteiger partial charge in [-0.15, -0.1) is 0 Å². The highest BCUT2D eigenvalue weighted by Crippen LogP contribution is 2.27. The highest BCUT2D eigenvalue weighted by atomic mass is 19.1. The van der Waals surface area contributed by atoms with E-state index < -0.39 is 5.97 Å². The van der Waals surface area contributed by atoms with Crippen molar-refractivity contribution in [3.05, 3.63) is 77.4 Å². The van der Waals surface area contributed by atoms with Gasteiger partial charge in [0.05, 0.1) is 5.57 Å². The van der Waals surface area contributed by atoms with Crippen molar-refractivity contribution in [3.63, 3.8) is 0 Å². The maximum absolute atomic E-state index is 12.9. The zero-order valence-corrected chi connectivity index (χ0v) is 10.4. The average molecular weight is 267 g/mol. The topological polar surface area (TPSA) is 39.2 Å². The number of esters is 1. The van der Waals surface area contributed by atoms with Crippen molar-refractivity contribution in [2.75, 3.05) is 0 Å². The third-order valence-corrected chi connectivity index (χ3v) is 2.86. The van der Waals surface area contributed by atoms with E-state index in [9.17, 15) is 9.18 Å². The second-order valence-electron chi connectivity index (χ2n) is 4.29. The van der Waals surface area contributed by atoms with Gasteiger partial charge in [-0.05, 0) is 48.0 Å². The number of pyridine rings is 1. The van der Waals surface area contributed by atoms with Gasteiger partial charge in [0.15, 0.2) is 0 Å². The van der Waals surface area contributed by atoms with E-state index in [4.69, 9.17) is 4.74 Å². The van der Waals surface area contributed by atoms with Crippen LogP contribution < -0.4 is 0 Å². The van der Waals surface area contributed by atoms with E-state index in [0.717, 1.165) is 5.56 Å². The summed E-state index contributed by atoms with van der Waals surface area (Å²) < 4.78 is 18.1. The molecule has 0 amide bonds. The summed E-state index contributed by atoms with van der Waals surface area (Å²) in [4.78, 5) is 15.8. The van der Waals surface area contributed by atoms with Gasteiger partial charge in [-0.2, -0.15) is 0 Å². The number of benzene rings is 1. The molecule has 0 aliphatic carbocycles. The first-order chi connectivity index (χ1) is 9.72. The Kier molecular flexibility index (Phi) is 3.13. The molecule has 20 heavy (non-hydrogen) atoms. The first-order valence-electron chi connectivity index (χ1n) is 6.04. The van der Waals surface area contributed by atoms with Crippen molar-refractivity contribution < 1.29 is 13.9 Å². The second kappa shape index (κ2) is 5.09. The van der Waals surface area contributed by atoms with Gasteiger partial charge in [0, 0.05) is 18.0 Å². The Labute approximate surface area is 115 Å². The fourth-order valence-electron chi connectivity index (χ4n) is 1.89. The molecule has 0 N–H and O–H groups in total. The molecule has 1 aliphatic heterocycles. The van der Waals surface area contributed by atoms with Crippen LogP contribution in [-0.2, 0) is 9.53 Å². The number of carbonyl (C=O) groups is 1. The van der Waals surface area contributed by atoms with Crippen LogP contribution >= 0.6 is 0 Å². The van der Waals surface area contributed by atoms with Gasteiger partial charge in [-0.3, -0.25) is 4.98 Å². The monoisotopic (exact) mass is 267 g/mol. The molecule has 0 fully saturated rings. The predicted molar refractivity (Wildman–Crippen MR) is 72.7 cm³/mol.